The summed E-state index contributed by atoms with van der Waals surface area (Å²) in [7, 11) is 3.19. The normalized spacial score (nSPS) is 15.9. The van der Waals surface area contributed by atoms with Gasteiger partial charge in [0.25, 0.3) is 0 Å². The predicted molar refractivity (Wildman–Crippen MR) is 109 cm³/mol. The van der Waals surface area contributed by atoms with E-state index >= 15 is 0 Å². The molecule has 0 amide bonds. The number of H-pyrrole nitrogens is 1. The molecule has 1 aliphatic carbocycles. The average Bonchev–Trinajstić information content (AvgIpc) is 3.04. The zero-order valence-corrected chi connectivity index (χ0v) is 17.4. The van der Waals surface area contributed by atoms with Crippen molar-refractivity contribution in [1.29, 1.82) is 0 Å². The first-order chi connectivity index (χ1) is 13.5. The van der Waals surface area contributed by atoms with Crippen LogP contribution in [-0.4, -0.2) is 49.6 Å². The van der Waals surface area contributed by atoms with Crippen LogP contribution in [0.3, 0.4) is 0 Å². The summed E-state index contributed by atoms with van der Waals surface area (Å²) in [5.41, 5.74) is 3.50. The minimum absolute atomic E-state index is 0.0122. The number of nitrogens with one attached hydrogen (secondary N) is 1. The molecule has 1 N–H and O–H groups in total. The molecule has 0 spiro atoms. The minimum Gasteiger partial charge on any atom is -0.493 e. The summed E-state index contributed by atoms with van der Waals surface area (Å²) in [4.78, 5) is 28.4. The van der Waals surface area contributed by atoms with Gasteiger partial charge in [-0.1, -0.05) is 6.07 Å². The fourth-order valence-corrected chi connectivity index (χ4v) is 3.92. The van der Waals surface area contributed by atoms with Crippen LogP contribution in [0, 0.1) is 6.92 Å². The molecule has 1 atom stereocenters. The number of methoxy groups -OCH3 is 2. The van der Waals surface area contributed by atoms with Crippen LogP contribution in [0.1, 0.15) is 50.0 Å². The van der Waals surface area contributed by atoms with Crippen LogP contribution in [0.5, 0.6) is 11.5 Å². The first-order valence-corrected chi connectivity index (χ1v) is 10.5. The molecule has 0 radical (unpaired) electrons. The monoisotopic (exact) mass is 403 g/mol. The standard InChI is InChI=1S/C21H25NO5S/c1-12-19-15(22-20(12)21(24)27-7-8-28-4)9-14(10-16(19)23)13-5-6-17(25-2)18(11-13)26-3/h5-6,11,14,22H,7-10H2,1-4H3/t14-/m0/s1. The van der Waals surface area contributed by atoms with E-state index in [1.54, 1.807) is 32.9 Å². The van der Waals surface area contributed by atoms with Crippen molar-refractivity contribution in [3.05, 3.63) is 46.3 Å². The molecule has 0 unspecified atom stereocenters. The van der Waals surface area contributed by atoms with E-state index in [0.29, 0.717) is 47.8 Å². The van der Waals surface area contributed by atoms with E-state index in [4.69, 9.17) is 14.2 Å². The average molecular weight is 404 g/mol. The van der Waals surface area contributed by atoms with Gasteiger partial charge in [-0.15, -0.1) is 0 Å². The van der Waals surface area contributed by atoms with Crippen molar-refractivity contribution < 1.29 is 23.8 Å². The van der Waals surface area contributed by atoms with E-state index in [2.05, 4.69) is 4.98 Å². The molecule has 7 heteroatoms. The molecule has 6 nitrogen and oxygen atoms in total. The summed E-state index contributed by atoms with van der Waals surface area (Å²) >= 11 is 1.61. The second kappa shape index (κ2) is 8.73. The van der Waals surface area contributed by atoms with Crippen molar-refractivity contribution in [3.8, 4) is 11.5 Å². The molecule has 2 aromatic rings. The van der Waals surface area contributed by atoms with Gasteiger partial charge in [0.15, 0.2) is 17.3 Å². The number of ketones is 1. The molecule has 0 fully saturated rings. The second-order valence-corrected chi connectivity index (χ2v) is 7.74. The van der Waals surface area contributed by atoms with Crippen molar-refractivity contribution in [3.63, 3.8) is 0 Å². The van der Waals surface area contributed by atoms with Gasteiger partial charge >= 0.3 is 5.97 Å². The number of thioether (sulfide) groups is 1. The van der Waals surface area contributed by atoms with Crippen molar-refractivity contribution in [2.45, 2.75) is 25.7 Å². The van der Waals surface area contributed by atoms with E-state index in [0.717, 1.165) is 17.0 Å². The molecule has 0 bridgehead atoms. The Balaban J connectivity index is 1.86. The third kappa shape index (κ3) is 3.90. The van der Waals surface area contributed by atoms with E-state index in [1.807, 2.05) is 24.5 Å². The number of esters is 1. The lowest BCUT2D eigenvalue weighted by atomic mass is 9.81. The largest absolute Gasteiger partial charge is 0.493 e. The minimum atomic E-state index is -0.406. The zero-order valence-electron chi connectivity index (χ0n) is 16.6. The molecule has 150 valence electrons. The van der Waals surface area contributed by atoms with Crippen LogP contribution in [0.15, 0.2) is 18.2 Å². The summed E-state index contributed by atoms with van der Waals surface area (Å²) in [5, 5.41) is 0. The number of carbonyl (C=O) groups is 2. The van der Waals surface area contributed by atoms with Crippen LogP contribution in [0.4, 0.5) is 0 Å². The number of ether oxygens (including phenoxy) is 3. The second-order valence-electron chi connectivity index (χ2n) is 6.75. The number of aromatic nitrogens is 1. The first-order valence-electron chi connectivity index (χ1n) is 9.12. The molecular weight excluding hydrogens is 378 g/mol. The predicted octanol–water partition coefficient (Wildman–Crippen LogP) is 3.77. The van der Waals surface area contributed by atoms with Gasteiger partial charge in [0.05, 0.1) is 14.2 Å². The maximum Gasteiger partial charge on any atom is 0.355 e. The number of fused-ring (bicyclic) bond motifs is 1. The van der Waals surface area contributed by atoms with Crippen molar-refractivity contribution in [1.82, 2.24) is 4.98 Å². The maximum atomic E-state index is 12.8. The topological polar surface area (TPSA) is 77.6 Å². The number of carbonyl (C=O) groups excluding carboxylic acids is 2. The summed E-state index contributed by atoms with van der Waals surface area (Å²) in [6.45, 7) is 2.15. The fraction of sp³-hybridized carbons (Fsp3) is 0.429. The molecule has 0 saturated heterocycles. The first kappa shape index (κ1) is 20.3. The smallest absolute Gasteiger partial charge is 0.355 e. The van der Waals surface area contributed by atoms with Crippen LogP contribution in [0.2, 0.25) is 0 Å². The highest BCUT2D eigenvalue weighted by Gasteiger charge is 2.32. The molecule has 1 heterocycles. The van der Waals surface area contributed by atoms with Gasteiger partial charge in [0.2, 0.25) is 0 Å². The number of aromatic amines is 1. The number of hydrogen-bond acceptors (Lipinski definition) is 6. The van der Waals surface area contributed by atoms with Crippen molar-refractivity contribution >= 4 is 23.5 Å². The number of Topliss-reactive ketones (excluding diaryl/α,β-unsaturated/α-hetero) is 1. The van der Waals surface area contributed by atoms with E-state index in [-0.39, 0.29) is 11.7 Å². The summed E-state index contributed by atoms with van der Waals surface area (Å²) < 4.78 is 16.0. The zero-order chi connectivity index (χ0) is 20.3. The highest BCUT2D eigenvalue weighted by atomic mass is 32.2. The van der Waals surface area contributed by atoms with Gasteiger partial charge in [0, 0.05) is 23.4 Å². The van der Waals surface area contributed by atoms with E-state index in [1.165, 1.54) is 0 Å². The van der Waals surface area contributed by atoms with Gasteiger partial charge in [-0.3, -0.25) is 4.79 Å². The Labute approximate surface area is 168 Å². The molecule has 1 aliphatic rings. The number of rotatable bonds is 7. The van der Waals surface area contributed by atoms with Crippen molar-refractivity contribution in [2.24, 2.45) is 0 Å². The summed E-state index contributed by atoms with van der Waals surface area (Å²) in [6.07, 6.45) is 3.00. The Morgan fingerprint density at radius 1 is 1.21 bits per heavy atom. The molecule has 0 saturated carbocycles. The molecule has 1 aromatic heterocycles. The van der Waals surface area contributed by atoms with Gasteiger partial charge < -0.3 is 19.2 Å². The van der Waals surface area contributed by atoms with Crippen LogP contribution >= 0.6 is 11.8 Å². The van der Waals surface area contributed by atoms with Crippen LogP contribution < -0.4 is 9.47 Å². The van der Waals surface area contributed by atoms with Gasteiger partial charge in [-0.2, -0.15) is 11.8 Å². The fourth-order valence-electron chi connectivity index (χ4n) is 3.67. The molecule has 0 aliphatic heterocycles. The Hall–Kier alpha value is -2.41. The summed E-state index contributed by atoms with van der Waals surface area (Å²) in [5.74, 6) is 1.68. The molecule has 28 heavy (non-hydrogen) atoms. The van der Waals surface area contributed by atoms with Gasteiger partial charge in [0.1, 0.15) is 12.3 Å². The number of hydrogen-bond donors (Lipinski definition) is 1. The lowest BCUT2D eigenvalue weighted by Gasteiger charge is -2.23. The Kier molecular flexibility index (Phi) is 6.34. The quantitative estimate of drug-likeness (QED) is 0.560. The SMILES string of the molecule is COc1ccc([C@@H]2CC(=O)c3c([nH]c(C(=O)OCCSC)c3C)C2)cc1OC. The van der Waals surface area contributed by atoms with Gasteiger partial charge in [-0.25, -0.2) is 4.79 Å². The van der Waals surface area contributed by atoms with E-state index < -0.39 is 5.97 Å². The number of benzene rings is 1. The third-order valence-electron chi connectivity index (χ3n) is 5.09. The van der Waals surface area contributed by atoms with Crippen LogP contribution in [0.25, 0.3) is 0 Å². The van der Waals surface area contributed by atoms with Gasteiger partial charge in [-0.05, 0) is 48.8 Å². The lowest BCUT2D eigenvalue weighted by molar-refractivity contribution is 0.0523. The molecule has 3 rings (SSSR count). The molecular formula is C21H25NO5S. The Morgan fingerprint density at radius 2 is 1.96 bits per heavy atom. The van der Waals surface area contributed by atoms with Crippen LogP contribution in [-0.2, 0) is 11.2 Å². The Bertz CT molecular complexity index is 889. The highest BCUT2D eigenvalue weighted by Crippen LogP contribution is 2.38. The third-order valence-corrected chi connectivity index (χ3v) is 5.67. The molecule has 1 aromatic carbocycles. The highest BCUT2D eigenvalue weighted by molar-refractivity contribution is 7.98. The summed E-state index contributed by atoms with van der Waals surface area (Å²) in [6, 6.07) is 5.72. The lowest BCUT2D eigenvalue weighted by Crippen LogP contribution is -2.18. The van der Waals surface area contributed by atoms with Crippen molar-refractivity contribution in [2.75, 3.05) is 32.8 Å². The van der Waals surface area contributed by atoms with E-state index in [9.17, 15) is 9.59 Å². The maximum absolute atomic E-state index is 12.8. The Morgan fingerprint density at radius 3 is 2.64 bits per heavy atom.